The van der Waals surface area contributed by atoms with Crippen LogP contribution in [-0.4, -0.2) is 39.7 Å². The van der Waals surface area contributed by atoms with Gasteiger partial charge in [0, 0.05) is 31.2 Å². The minimum absolute atomic E-state index is 0. The molecule has 2 fully saturated rings. The van der Waals surface area contributed by atoms with E-state index in [1.807, 2.05) is 15.8 Å². The topological polar surface area (TPSA) is 64.2 Å². The van der Waals surface area contributed by atoms with Crippen LogP contribution in [0.5, 0.6) is 0 Å². The number of aryl methyl sites for hydroxylation is 1. The zero-order valence-corrected chi connectivity index (χ0v) is 15.3. The summed E-state index contributed by atoms with van der Waals surface area (Å²) in [6, 6.07) is 0.538. The monoisotopic (exact) mass is 362 g/mol. The molecule has 1 aliphatic heterocycles. The molecule has 1 saturated heterocycles. The molecule has 5 nitrogen and oxygen atoms in total. The fraction of sp³-hybridized carbons (Fsp3) is 0.750. The van der Waals surface area contributed by atoms with Crippen LogP contribution in [0.3, 0.4) is 0 Å². The van der Waals surface area contributed by atoms with E-state index in [-0.39, 0.29) is 36.8 Å². The van der Waals surface area contributed by atoms with E-state index in [0.29, 0.717) is 11.9 Å². The molecule has 1 amide bonds. The largest absolute Gasteiger partial charge is 0.340 e. The Morgan fingerprint density at radius 2 is 2.04 bits per heavy atom. The molecule has 1 saturated carbocycles. The smallest absolute Gasteiger partial charge is 0.225 e. The maximum Gasteiger partial charge on any atom is 0.225 e. The standard InChI is InChI=1S/C16H26N4O.2ClH/c1-12-9-18-20(10-12)15-6-3-7-19(11-15)16(21)13-4-2-5-14(17)8-13;;/h9-10,13-15H,2-8,11,17H2,1H3;2*1H. The molecule has 3 atom stereocenters. The summed E-state index contributed by atoms with van der Waals surface area (Å²) >= 11 is 0. The lowest BCUT2D eigenvalue weighted by Crippen LogP contribution is -2.45. The highest BCUT2D eigenvalue weighted by Crippen LogP contribution is 2.28. The number of carbonyl (C=O) groups excluding carboxylic acids is 1. The number of hydrogen-bond acceptors (Lipinski definition) is 3. The number of carbonyl (C=O) groups is 1. The van der Waals surface area contributed by atoms with Crippen LogP contribution in [0, 0.1) is 12.8 Å². The van der Waals surface area contributed by atoms with E-state index >= 15 is 0 Å². The highest BCUT2D eigenvalue weighted by molar-refractivity contribution is 5.85. The van der Waals surface area contributed by atoms with E-state index in [4.69, 9.17) is 5.73 Å². The minimum atomic E-state index is 0. The zero-order valence-electron chi connectivity index (χ0n) is 13.7. The van der Waals surface area contributed by atoms with Crippen molar-refractivity contribution in [2.45, 2.75) is 57.5 Å². The fourth-order valence-electron chi connectivity index (χ4n) is 3.71. The minimum Gasteiger partial charge on any atom is -0.340 e. The highest BCUT2D eigenvalue weighted by Gasteiger charge is 2.32. The van der Waals surface area contributed by atoms with Gasteiger partial charge >= 0.3 is 0 Å². The molecule has 2 N–H and O–H groups in total. The summed E-state index contributed by atoms with van der Waals surface area (Å²) in [4.78, 5) is 14.8. The second-order valence-electron chi connectivity index (χ2n) is 6.70. The van der Waals surface area contributed by atoms with Gasteiger partial charge in [-0.1, -0.05) is 6.42 Å². The third-order valence-electron chi connectivity index (χ3n) is 4.88. The Morgan fingerprint density at radius 3 is 2.70 bits per heavy atom. The van der Waals surface area contributed by atoms with Gasteiger partial charge in [0.05, 0.1) is 12.2 Å². The Kier molecular flexibility index (Phi) is 7.84. The third kappa shape index (κ3) is 4.85. The molecule has 2 heterocycles. The summed E-state index contributed by atoms with van der Waals surface area (Å²) in [5.41, 5.74) is 7.21. The molecule has 3 unspecified atom stereocenters. The van der Waals surface area contributed by atoms with Crippen LogP contribution in [0.15, 0.2) is 12.4 Å². The van der Waals surface area contributed by atoms with Crippen LogP contribution in [0.2, 0.25) is 0 Å². The normalized spacial score (nSPS) is 27.7. The first-order valence-electron chi connectivity index (χ1n) is 8.18. The molecule has 0 aromatic carbocycles. The Hall–Kier alpha value is -0.780. The van der Waals surface area contributed by atoms with E-state index in [1.54, 1.807) is 0 Å². The molecular weight excluding hydrogens is 335 g/mol. The van der Waals surface area contributed by atoms with Crippen LogP contribution < -0.4 is 5.73 Å². The summed E-state index contributed by atoms with van der Waals surface area (Å²) in [6.45, 7) is 3.74. The van der Waals surface area contributed by atoms with Crippen LogP contribution in [0.4, 0.5) is 0 Å². The van der Waals surface area contributed by atoms with Gasteiger partial charge in [-0.15, -0.1) is 24.8 Å². The molecule has 0 radical (unpaired) electrons. The lowest BCUT2D eigenvalue weighted by atomic mass is 9.85. The van der Waals surface area contributed by atoms with Crippen molar-refractivity contribution in [3.8, 4) is 0 Å². The van der Waals surface area contributed by atoms with Crippen LogP contribution >= 0.6 is 24.8 Å². The highest BCUT2D eigenvalue weighted by atomic mass is 35.5. The summed E-state index contributed by atoms with van der Waals surface area (Å²) < 4.78 is 2.03. The Bertz CT molecular complexity index is 508. The first-order chi connectivity index (χ1) is 10.1. The Morgan fingerprint density at radius 1 is 1.26 bits per heavy atom. The van der Waals surface area contributed by atoms with Gasteiger partial charge in [0.25, 0.3) is 0 Å². The van der Waals surface area contributed by atoms with Crippen molar-refractivity contribution < 1.29 is 4.79 Å². The average molecular weight is 363 g/mol. The van der Waals surface area contributed by atoms with Gasteiger partial charge in [-0.05, 0) is 44.6 Å². The van der Waals surface area contributed by atoms with Gasteiger partial charge in [-0.3, -0.25) is 9.48 Å². The first kappa shape index (κ1) is 20.3. The maximum absolute atomic E-state index is 12.7. The molecule has 0 bridgehead atoms. The van der Waals surface area contributed by atoms with Gasteiger partial charge in [0.2, 0.25) is 5.91 Å². The van der Waals surface area contributed by atoms with Crippen molar-refractivity contribution in [1.29, 1.82) is 0 Å². The maximum atomic E-state index is 12.7. The number of amides is 1. The lowest BCUT2D eigenvalue weighted by Gasteiger charge is -2.36. The number of hydrogen-bond donors (Lipinski definition) is 1. The molecular formula is C16H28Cl2N4O. The van der Waals surface area contributed by atoms with Crippen LogP contribution in [-0.2, 0) is 4.79 Å². The summed E-state index contributed by atoms with van der Waals surface area (Å²) in [5, 5.41) is 4.42. The van der Waals surface area contributed by atoms with Gasteiger partial charge in [0.15, 0.2) is 0 Å². The molecule has 132 valence electrons. The van der Waals surface area contributed by atoms with Crippen molar-refractivity contribution in [3.63, 3.8) is 0 Å². The van der Waals surface area contributed by atoms with E-state index in [2.05, 4.69) is 18.2 Å². The predicted molar refractivity (Wildman–Crippen MR) is 96.2 cm³/mol. The summed E-state index contributed by atoms with van der Waals surface area (Å²) in [7, 11) is 0. The molecule has 1 aromatic rings. The van der Waals surface area contributed by atoms with Gasteiger partial charge in [-0.25, -0.2) is 0 Å². The van der Waals surface area contributed by atoms with Crippen molar-refractivity contribution >= 4 is 30.7 Å². The van der Waals surface area contributed by atoms with Gasteiger partial charge < -0.3 is 10.6 Å². The molecule has 3 rings (SSSR count). The number of aromatic nitrogens is 2. The Balaban J connectivity index is 0.00000132. The number of rotatable bonds is 2. The summed E-state index contributed by atoms with van der Waals surface area (Å²) in [6.07, 6.45) is 10.2. The fourth-order valence-corrected chi connectivity index (χ4v) is 3.71. The van der Waals surface area contributed by atoms with Gasteiger partial charge in [-0.2, -0.15) is 5.10 Å². The second kappa shape index (κ2) is 8.90. The third-order valence-corrected chi connectivity index (χ3v) is 4.88. The van der Waals surface area contributed by atoms with Gasteiger partial charge in [0.1, 0.15) is 0 Å². The molecule has 7 heteroatoms. The van der Waals surface area contributed by atoms with E-state index < -0.39 is 0 Å². The number of likely N-dealkylation sites (tertiary alicyclic amines) is 1. The quantitative estimate of drug-likeness (QED) is 0.879. The average Bonchev–Trinajstić information content (AvgIpc) is 2.93. The predicted octanol–water partition coefficient (Wildman–Crippen LogP) is 2.72. The molecule has 2 aliphatic rings. The van der Waals surface area contributed by atoms with Crippen molar-refractivity contribution in [2.24, 2.45) is 11.7 Å². The molecule has 0 spiro atoms. The Labute approximate surface area is 150 Å². The van der Waals surface area contributed by atoms with Crippen molar-refractivity contribution in [2.75, 3.05) is 13.1 Å². The molecule has 1 aliphatic carbocycles. The van der Waals surface area contributed by atoms with Crippen LogP contribution in [0.1, 0.15) is 50.1 Å². The van der Waals surface area contributed by atoms with E-state index in [0.717, 1.165) is 51.6 Å². The first-order valence-corrected chi connectivity index (χ1v) is 8.18. The summed E-state index contributed by atoms with van der Waals surface area (Å²) in [5.74, 6) is 0.464. The van der Waals surface area contributed by atoms with E-state index in [1.165, 1.54) is 5.56 Å². The SMILES string of the molecule is Cc1cnn(C2CCCN(C(=O)C3CCCC(N)C3)C2)c1.Cl.Cl. The molecule has 23 heavy (non-hydrogen) atoms. The zero-order chi connectivity index (χ0) is 14.8. The molecule has 1 aromatic heterocycles. The van der Waals surface area contributed by atoms with Crippen LogP contribution in [0.25, 0.3) is 0 Å². The second-order valence-corrected chi connectivity index (χ2v) is 6.70. The van der Waals surface area contributed by atoms with E-state index in [9.17, 15) is 4.79 Å². The van der Waals surface area contributed by atoms with Crippen molar-refractivity contribution in [3.05, 3.63) is 18.0 Å². The number of nitrogens with zero attached hydrogens (tertiary/aromatic N) is 3. The number of halogens is 2. The number of nitrogens with two attached hydrogens (primary N) is 1. The number of piperidine rings is 1. The van der Waals surface area contributed by atoms with Crippen molar-refractivity contribution in [1.82, 2.24) is 14.7 Å². The lowest BCUT2D eigenvalue weighted by molar-refractivity contribution is -0.138.